The summed E-state index contributed by atoms with van der Waals surface area (Å²) in [5, 5.41) is 9.13. The first-order valence-electron chi connectivity index (χ1n) is 6.92. The Balaban J connectivity index is 1.99. The molecule has 0 radical (unpaired) electrons. The van der Waals surface area contributed by atoms with Crippen LogP contribution in [0, 0.1) is 0 Å². The second kappa shape index (κ2) is 5.79. The highest BCUT2D eigenvalue weighted by molar-refractivity contribution is 5.68. The standard InChI is InChI=1S/C15H22N2O3/c1-15(2,3)20-14(19)17-7-5-12(9-17)11-4-6-16-13(8-11)10-18/h4,6,8,12,18H,5,7,9-10H2,1-3H3. The molecule has 0 bridgehead atoms. The number of likely N-dealkylation sites (tertiary alicyclic amines) is 1. The van der Waals surface area contributed by atoms with Crippen molar-refractivity contribution in [2.75, 3.05) is 13.1 Å². The minimum atomic E-state index is -0.462. The summed E-state index contributed by atoms with van der Waals surface area (Å²) < 4.78 is 5.39. The Morgan fingerprint density at radius 3 is 2.95 bits per heavy atom. The largest absolute Gasteiger partial charge is 0.444 e. The van der Waals surface area contributed by atoms with Crippen LogP contribution >= 0.6 is 0 Å². The Bertz CT molecular complexity index is 482. The lowest BCUT2D eigenvalue weighted by Crippen LogP contribution is -2.35. The molecule has 1 aliphatic rings. The number of aliphatic hydroxyl groups is 1. The number of aromatic nitrogens is 1. The minimum absolute atomic E-state index is 0.0592. The van der Waals surface area contributed by atoms with E-state index in [4.69, 9.17) is 9.84 Å². The van der Waals surface area contributed by atoms with Gasteiger partial charge in [0.15, 0.2) is 0 Å². The van der Waals surface area contributed by atoms with Crippen LogP contribution in [-0.2, 0) is 11.3 Å². The van der Waals surface area contributed by atoms with Gasteiger partial charge < -0.3 is 14.7 Å². The van der Waals surface area contributed by atoms with Crippen LogP contribution in [-0.4, -0.2) is 39.8 Å². The van der Waals surface area contributed by atoms with Gasteiger partial charge in [0.2, 0.25) is 0 Å². The summed E-state index contributed by atoms with van der Waals surface area (Å²) >= 11 is 0. The SMILES string of the molecule is CC(C)(C)OC(=O)N1CCC(c2ccnc(CO)c2)C1. The number of ether oxygens (including phenoxy) is 1. The summed E-state index contributed by atoms with van der Waals surface area (Å²) in [6, 6.07) is 3.85. The first-order valence-corrected chi connectivity index (χ1v) is 6.92. The van der Waals surface area contributed by atoms with Gasteiger partial charge >= 0.3 is 6.09 Å². The van der Waals surface area contributed by atoms with Crippen LogP contribution in [0.15, 0.2) is 18.3 Å². The topological polar surface area (TPSA) is 62.7 Å². The van der Waals surface area contributed by atoms with Crippen molar-refractivity contribution in [3.63, 3.8) is 0 Å². The summed E-state index contributed by atoms with van der Waals surface area (Å²) in [7, 11) is 0. The van der Waals surface area contributed by atoms with Crippen LogP contribution in [0.1, 0.15) is 44.4 Å². The summed E-state index contributed by atoms with van der Waals surface area (Å²) in [5.74, 6) is 0.288. The number of aliphatic hydroxyl groups excluding tert-OH is 1. The van der Waals surface area contributed by atoms with Crippen molar-refractivity contribution in [1.82, 2.24) is 9.88 Å². The quantitative estimate of drug-likeness (QED) is 0.901. The van der Waals surface area contributed by atoms with E-state index >= 15 is 0 Å². The van der Waals surface area contributed by atoms with E-state index in [0.29, 0.717) is 18.8 Å². The second-order valence-electron chi connectivity index (χ2n) is 6.15. The molecule has 110 valence electrons. The minimum Gasteiger partial charge on any atom is -0.444 e. The number of carbonyl (C=O) groups excluding carboxylic acids is 1. The van der Waals surface area contributed by atoms with Gasteiger partial charge in [-0.05, 0) is 44.9 Å². The van der Waals surface area contributed by atoms with E-state index in [1.165, 1.54) is 0 Å². The number of hydrogen-bond donors (Lipinski definition) is 1. The Kier molecular flexibility index (Phi) is 4.28. The van der Waals surface area contributed by atoms with E-state index in [0.717, 1.165) is 12.0 Å². The van der Waals surface area contributed by atoms with E-state index in [2.05, 4.69) is 4.98 Å². The first kappa shape index (κ1) is 14.8. The van der Waals surface area contributed by atoms with Gasteiger partial charge in [0.25, 0.3) is 0 Å². The van der Waals surface area contributed by atoms with Crippen LogP contribution in [0.2, 0.25) is 0 Å². The number of amides is 1. The van der Waals surface area contributed by atoms with Gasteiger partial charge in [-0.3, -0.25) is 4.98 Å². The zero-order valence-corrected chi connectivity index (χ0v) is 12.3. The van der Waals surface area contributed by atoms with Gasteiger partial charge in [-0.15, -0.1) is 0 Å². The zero-order chi connectivity index (χ0) is 14.8. The maximum Gasteiger partial charge on any atom is 0.410 e. The number of rotatable bonds is 2. The summed E-state index contributed by atoms with van der Waals surface area (Å²) in [5.41, 5.74) is 1.32. The molecule has 0 aromatic carbocycles. The van der Waals surface area contributed by atoms with Gasteiger partial charge in [0, 0.05) is 25.2 Å². The molecule has 0 saturated carbocycles. The average molecular weight is 278 g/mol. The Labute approximate surface area is 119 Å². The normalized spacial score (nSPS) is 19.2. The molecule has 0 spiro atoms. The predicted octanol–water partition coefficient (Wildman–Crippen LogP) is 2.30. The molecule has 1 aromatic heterocycles. The molecule has 1 saturated heterocycles. The van der Waals surface area contributed by atoms with Crippen LogP contribution in [0.5, 0.6) is 0 Å². The van der Waals surface area contributed by atoms with Gasteiger partial charge in [0.1, 0.15) is 5.60 Å². The number of hydrogen-bond acceptors (Lipinski definition) is 4. The maximum absolute atomic E-state index is 12.0. The average Bonchev–Trinajstić information content (AvgIpc) is 2.86. The van der Waals surface area contributed by atoms with Crippen LogP contribution < -0.4 is 0 Å². The summed E-state index contributed by atoms with van der Waals surface area (Å²) in [6.45, 7) is 6.91. The van der Waals surface area contributed by atoms with E-state index in [1.54, 1.807) is 11.1 Å². The lowest BCUT2D eigenvalue weighted by molar-refractivity contribution is 0.0292. The number of nitrogens with zero attached hydrogens (tertiary/aromatic N) is 2. The molecule has 1 unspecified atom stereocenters. The summed E-state index contributed by atoms with van der Waals surface area (Å²) in [6.07, 6.45) is 2.36. The molecule has 0 aliphatic carbocycles. The van der Waals surface area contributed by atoms with Crippen molar-refractivity contribution in [3.8, 4) is 0 Å². The molecule has 2 rings (SSSR count). The van der Waals surface area contributed by atoms with E-state index in [-0.39, 0.29) is 18.6 Å². The molecule has 5 heteroatoms. The lowest BCUT2D eigenvalue weighted by atomic mass is 9.99. The van der Waals surface area contributed by atoms with Gasteiger partial charge in [-0.1, -0.05) is 0 Å². The van der Waals surface area contributed by atoms with Gasteiger partial charge in [-0.25, -0.2) is 4.79 Å². The van der Waals surface area contributed by atoms with Crippen molar-refractivity contribution in [3.05, 3.63) is 29.6 Å². The second-order valence-corrected chi connectivity index (χ2v) is 6.15. The van der Waals surface area contributed by atoms with Crippen molar-refractivity contribution in [2.45, 2.75) is 45.3 Å². The van der Waals surface area contributed by atoms with Gasteiger partial charge in [-0.2, -0.15) is 0 Å². The van der Waals surface area contributed by atoms with E-state index in [9.17, 15) is 4.79 Å². The van der Waals surface area contributed by atoms with Crippen molar-refractivity contribution in [1.29, 1.82) is 0 Å². The predicted molar refractivity (Wildman–Crippen MR) is 75.3 cm³/mol. The third kappa shape index (κ3) is 3.70. The zero-order valence-electron chi connectivity index (χ0n) is 12.3. The van der Waals surface area contributed by atoms with Crippen molar-refractivity contribution < 1.29 is 14.6 Å². The van der Waals surface area contributed by atoms with Crippen molar-refractivity contribution >= 4 is 6.09 Å². The fourth-order valence-corrected chi connectivity index (χ4v) is 2.36. The van der Waals surface area contributed by atoms with Gasteiger partial charge in [0.05, 0.1) is 12.3 Å². The van der Waals surface area contributed by atoms with Crippen molar-refractivity contribution in [2.24, 2.45) is 0 Å². The highest BCUT2D eigenvalue weighted by Crippen LogP contribution is 2.28. The highest BCUT2D eigenvalue weighted by atomic mass is 16.6. The number of pyridine rings is 1. The molecule has 20 heavy (non-hydrogen) atoms. The van der Waals surface area contributed by atoms with E-state index in [1.807, 2.05) is 32.9 Å². The Morgan fingerprint density at radius 1 is 1.55 bits per heavy atom. The molecule has 1 fully saturated rings. The third-order valence-corrected chi connectivity index (χ3v) is 3.31. The fraction of sp³-hybridized carbons (Fsp3) is 0.600. The molecular weight excluding hydrogens is 256 g/mol. The molecular formula is C15H22N2O3. The molecule has 1 N–H and O–H groups in total. The molecule has 1 amide bonds. The van der Waals surface area contributed by atoms with Crippen LogP contribution in [0.25, 0.3) is 0 Å². The highest BCUT2D eigenvalue weighted by Gasteiger charge is 2.30. The monoisotopic (exact) mass is 278 g/mol. The molecule has 2 heterocycles. The summed E-state index contributed by atoms with van der Waals surface area (Å²) in [4.78, 5) is 17.8. The van der Waals surface area contributed by atoms with E-state index < -0.39 is 5.60 Å². The molecule has 1 atom stereocenters. The molecule has 1 aliphatic heterocycles. The Morgan fingerprint density at radius 2 is 2.30 bits per heavy atom. The molecule has 1 aromatic rings. The lowest BCUT2D eigenvalue weighted by Gasteiger charge is -2.24. The number of carbonyl (C=O) groups is 1. The van der Waals surface area contributed by atoms with Crippen LogP contribution in [0.4, 0.5) is 4.79 Å². The van der Waals surface area contributed by atoms with Crippen LogP contribution in [0.3, 0.4) is 0 Å². The smallest absolute Gasteiger partial charge is 0.410 e. The Hall–Kier alpha value is -1.62. The fourth-order valence-electron chi connectivity index (χ4n) is 2.36. The molecule has 5 nitrogen and oxygen atoms in total. The first-order chi connectivity index (χ1) is 9.39. The third-order valence-electron chi connectivity index (χ3n) is 3.31. The maximum atomic E-state index is 12.0.